The van der Waals surface area contributed by atoms with E-state index in [1.165, 1.54) is 5.57 Å². The Kier molecular flexibility index (Phi) is 2.17. The summed E-state index contributed by atoms with van der Waals surface area (Å²) in [4.78, 5) is 10.7. The summed E-state index contributed by atoms with van der Waals surface area (Å²) < 4.78 is 0. The second-order valence-electron chi connectivity index (χ2n) is 4.06. The summed E-state index contributed by atoms with van der Waals surface area (Å²) in [5, 5.41) is 0. The summed E-state index contributed by atoms with van der Waals surface area (Å²) in [7, 11) is 0. The molecule has 0 amide bonds. The van der Waals surface area contributed by atoms with Gasteiger partial charge in [0.2, 0.25) is 0 Å². The summed E-state index contributed by atoms with van der Waals surface area (Å²) in [6, 6.07) is 0. The fourth-order valence-electron chi connectivity index (χ4n) is 1.80. The fourth-order valence-corrected chi connectivity index (χ4v) is 1.80. The molecule has 11 heavy (non-hydrogen) atoms. The van der Waals surface area contributed by atoms with E-state index in [4.69, 9.17) is 0 Å². The van der Waals surface area contributed by atoms with Gasteiger partial charge in [-0.25, -0.2) is 0 Å². The Labute approximate surface area is 68.5 Å². The van der Waals surface area contributed by atoms with Gasteiger partial charge in [-0.05, 0) is 32.1 Å². The lowest BCUT2D eigenvalue weighted by Crippen LogP contribution is -2.13. The molecule has 1 fully saturated rings. The lowest BCUT2D eigenvalue weighted by atomic mass is 9.88. The van der Waals surface area contributed by atoms with Crippen molar-refractivity contribution < 1.29 is 4.79 Å². The van der Waals surface area contributed by atoms with Crippen LogP contribution < -0.4 is 0 Å². The molecule has 1 rings (SSSR count). The first-order valence-corrected chi connectivity index (χ1v) is 4.19. The van der Waals surface area contributed by atoms with Crippen LogP contribution >= 0.6 is 0 Å². The zero-order chi connectivity index (χ0) is 8.48. The van der Waals surface area contributed by atoms with Crippen molar-refractivity contribution >= 4 is 6.29 Å². The molecular weight excluding hydrogens is 136 g/mol. The molecule has 0 aromatic rings. The molecule has 0 aliphatic heterocycles. The van der Waals surface area contributed by atoms with Crippen LogP contribution in [0.3, 0.4) is 0 Å². The highest BCUT2D eigenvalue weighted by Gasteiger charge is 2.34. The molecule has 1 aliphatic rings. The van der Waals surface area contributed by atoms with Crippen molar-refractivity contribution in [3.05, 3.63) is 12.2 Å². The van der Waals surface area contributed by atoms with Gasteiger partial charge in [-0.3, -0.25) is 0 Å². The number of carbonyl (C=O) groups is 1. The van der Waals surface area contributed by atoms with Crippen LogP contribution in [0.1, 0.15) is 33.1 Å². The van der Waals surface area contributed by atoms with Crippen molar-refractivity contribution in [2.24, 2.45) is 11.3 Å². The maximum absolute atomic E-state index is 10.7. The second kappa shape index (κ2) is 2.80. The van der Waals surface area contributed by atoms with E-state index in [9.17, 15) is 4.79 Å². The third-order valence-corrected chi connectivity index (χ3v) is 2.76. The van der Waals surface area contributed by atoms with Crippen LogP contribution in [-0.2, 0) is 4.79 Å². The number of allylic oxidation sites excluding steroid dienone is 1. The SMILES string of the molecule is C=C(C)[C@@H]1CCC(C)(C=O)C1. The van der Waals surface area contributed by atoms with Crippen LogP contribution in [0.4, 0.5) is 0 Å². The van der Waals surface area contributed by atoms with Crippen molar-refractivity contribution in [2.75, 3.05) is 0 Å². The Morgan fingerprint density at radius 2 is 2.36 bits per heavy atom. The van der Waals surface area contributed by atoms with Gasteiger partial charge in [-0.15, -0.1) is 0 Å². The molecule has 0 aromatic carbocycles. The monoisotopic (exact) mass is 152 g/mol. The molecule has 0 saturated heterocycles. The minimum absolute atomic E-state index is 0.0520. The lowest BCUT2D eigenvalue weighted by molar-refractivity contribution is -0.115. The van der Waals surface area contributed by atoms with Gasteiger partial charge in [-0.2, -0.15) is 0 Å². The zero-order valence-electron chi connectivity index (χ0n) is 7.39. The lowest BCUT2D eigenvalue weighted by Gasteiger charge is -2.15. The van der Waals surface area contributed by atoms with Crippen molar-refractivity contribution in [1.82, 2.24) is 0 Å². The molecule has 0 bridgehead atoms. The summed E-state index contributed by atoms with van der Waals surface area (Å²) in [6.45, 7) is 8.02. The second-order valence-corrected chi connectivity index (χ2v) is 4.06. The Bertz CT molecular complexity index is 183. The average molecular weight is 152 g/mol. The Balaban J connectivity index is 2.59. The molecular formula is C10H16O. The van der Waals surface area contributed by atoms with Gasteiger partial charge in [-0.1, -0.05) is 19.1 Å². The smallest absolute Gasteiger partial charge is 0.125 e. The third-order valence-electron chi connectivity index (χ3n) is 2.76. The summed E-state index contributed by atoms with van der Waals surface area (Å²) in [6.07, 6.45) is 4.29. The Hall–Kier alpha value is -0.590. The van der Waals surface area contributed by atoms with Crippen LogP contribution in [0.5, 0.6) is 0 Å². The average Bonchev–Trinajstić information content (AvgIpc) is 2.33. The van der Waals surface area contributed by atoms with Crippen molar-refractivity contribution in [2.45, 2.75) is 33.1 Å². The normalized spacial score (nSPS) is 37.1. The summed E-state index contributed by atoms with van der Waals surface area (Å²) in [5.41, 5.74) is 1.18. The van der Waals surface area contributed by atoms with Gasteiger partial charge < -0.3 is 4.79 Å². The van der Waals surface area contributed by atoms with Crippen molar-refractivity contribution in [3.63, 3.8) is 0 Å². The fraction of sp³-hybridized carbons (Fsp3) is 0.700. The molecule has 0 heterocycles. The molecule has 1 unspecified atom stereocenters. The molecule has 1 saturated carbocycles. The molecule has 0 spiro atoms. The Morgan fingerprint density at radius 1 is 1.73 bits per heavy atom. The highest BCUT2D eigenvalue weighted by Crippen LogP contribution is 2.42. The van der Waals surface area contributed by atoms with Crippen molar-refractivity contribution in [1.29, 1.82) is 0 Å². The topological polar surface area (TPSA) is 17.1 Å². The Morgan fingerprint density at radius 3 is 2.64 bits per heavy atom. The maximum atomic E-state index is 10.7. The van der Waals surface area contributed by atoms with Gasteiger partial charge in [0, 0.05) is 5.41 Å². The van der Waals surface area contributed by atoms with E-state index in [1.807, 2.05) is 6.92 Å². The van der Waals surface area contributed by atoms with E-state index in [1.54, 1.807) is 0 Å². The number of rotatable bonds is 2. The molecule has 1 nitrogen and oxygen atoms in total. The van der Waals surface area contributed by atoms with Crippen LogP contribution in [0.25, 0.3) is 0 Å². The van der Waals surface area contributed by atoms with Crippen LogP contribution in [0, 0.1) is 11.3 Å². The zero-order valence-corrected chi connectivity index (χ0v) is 7.39. The van der Waals surface area contributed by atoms with Gasteiger partial charge in [0.15, 0.2) is 0 Å². The molecule has 1 heteroatoms. The predicted molar refractivity (Wildman–Crippen MR) is 46.3 cm³/mol. The predicted octanol–water partition coefficient (Wildman–Crippen LogP) is 2.57. The van der Waals surface area contributed by atoms with Crippen LogP contribution in [-0.4, -0.2) is 6.29 Å². The number of hydrogen-bond donors (Lipinski definition) is 0. The van der Waals surface area contributed by atoms with E-state index in [0.717, 1.165) is 25.5 Å². The van der Waals surface area contributed by atoms with E-state index >= 15 is 0 Å². The molecule has 62 valence electrons. The van der Waals surface area contributed by atoms with Gasteiger partial charge in [0.1, 0.15) is 6.29 Å². The standard InChI is InChI=1S/C10H16O/c1-8(2)9-4-5-10(3,6-9)7-11/h7,9H,1,4-6H2,2-3H3/t9-,10?/m1/s1. The highest BCUT2D eigenvalue weighted by atomic mass is 16.1. The quantitative estimate of drug-likeness (QED) is 0.439. The minimum Gasteiger partial charge on any atom is -0.303 e. The maximum Gasteiger partial charge on any atom is 0.125 e. The first-order chi connectivity index (χ1) is 5.07. The summed E-state index contributed by atoms with van der Waals surface area (Å²) >= 11 is 0. The van der Waals surface area contributed by atoms with Gasteiger partial charge in [0.05, 0.1) is 0 Å². The number of aldehydes is 1. The van der Waals surface area contributed by atoms with E-state index in [0.29, 0.717) is 5.92 Å². The first-order valence-electron chi connectivity index (χ1n) is 4.19. The van der Waals surface area contributed by atoms with Gasteiger partial charge >= 0.3 is 0 Å². The number of hydrogen-bond acceptors (Lipinski definition) is 1. The van der Waals surface area contributed by atoms with E-state index in [-0.39, 0.29) is 5.41 Å². The molecule has 2 atom stereocenters. The molecule has 0 N–H and O–H groups in total. The first kappa shape index (κ1) is 8.51. The summed E-state index contributed by atoms with van der Waals surface area (Å²) in [5.74, 6) is 0.588. The van der Waals surface area contributed by atoms with Crippen LogP contribution in [0.2, 0.25) is 0 Å². The molecule has 0 aromatic heterocycles. The third kappa shape index (κ3) is 1.70. The van der Waals surface area contributed by atoms with E-state index in [2.05, 4.69) is 13.5 Å². The molecule has 1 aliphatic carbocycles. The number of carbonyl (C=O) groups excluding carboxylic acids is 1. The van der Waals surface area contributed by atoms with Crippen LogP contribution in [0.15, 0.2) is 12.2 Å². The largest absolute Gasteiger partial charge is 0.303 e. The minimum atomic E-state index is -0.0520. The van der Waals surface area contributed by atoms with Crippen molar-refractivity contribution in [3.8, 4) is 0 Å². The van der Waals surface area contributed by atoms with Gasteiger partial charge in [0.25, 0.3) is 0 Å². The molecule has 0 radical (unpaired) electrons. The van der Waals surface area contributed by atoms with E-state index < -0.39 is 0 Å². The highest BCUT2D eigenvalue weighted by molar-refractivity contribution is 5.59.